The summed E-state index contributed by atoms with van der Waals surface area (Å²) < 4.78 is 11.8. The maximum atomic E-state index is 5.90. The maximum Gasteiger partial charge on any atom is 0.286 e. The third kappa shape index (κ3) is 4.47. The number of benzene rings is 2. The second-order valence-corrected chi connectivity index (χ2v) is 6.94. The largest absolute Gasteiger partial charge is 0.439 e. The van der Waals surface area contributed by atoms with Crippen LogP contribution in [0, 0.1) is 20.8 Å². The summed E-state index contributed by atoms with van der Waals surface area (Å²) in [4.78, 5) is 0. The van der Waals surface area contributed by atoms with Crippen molar-refractivity contribution in [1.82, 2.24) is 0 Å². The Morgan fingerprint density at radius 3 is 1.70 bits per heavy atom. The van der Waals surface area contributed by atoms with Crippen molar-refractivity contribution in [3.05, 3.63) is 53.1 Å². The molecule has 0 amide bonds. The Bertz CT molecular complexity index is 517. The van der Waals surface area contributed by atoms with Crippen LogP contribution in [-0.4, -0.2) is 6.66 Å². The van der Waals surface area contributed by atoms with Gasteiger partial charge in [-0.2, -0.15) is 0 Å². The predicted molar refractivity (Wildman–Crippen MR) is 90.5 cm³/mol. The normalized spacial score (nSPS) is 12.1. The molecular formula is C16H20O2P2. The molecule has 0 saturated heterocycles. The highest BCUT2D eigenvalue weighted by atomic mass is 31.2. The fourth-order valence-corrected chi connectivity index (χ4v) is 3.40. The molecule has 0 radical (unpaired) electrons. The monoisotopic (exact) mass is 306 g/mol. The molecule has 0 aliphatic carbocycles. The van der Waals surface area contributed by atoms with Crippen molar-refractivity contribution in [3.8, 4) is 11.5 Å². The van der Waals surface area contributed by atoms with E-state index < -0.39 is 8.38 Å². The molecule has 0 aliphatic heterocycles. The van der Waals surface area contributed by atoms with Gasteiger partial charge in [0.1, 0.15) is 11.5 Å². The highest BCUT2D eigenvalue weighted by Crippen LogP contribution is 2.37. The molecule has 2 atom stereocenters. The van der Waals surface area contributed by atoms with Gasteiger partial charge in [0.25, 0.3) is 8.38 Å². The standard InChI is InChI=1S/C16H20O2P2/c1-11-5-12(2)7-14(6-11)17-20(4)18-15-8-13(3)9-16(19)10-15/h5-10H,19H2,1-4H3. The van der Waals surface area contributed by atoms with E-state index in [-0.39, 0.29) is 0 Å². The zero-order valence-corrected chi connectivity index (χ0v) is 14.4. The minimum Gasteiger partial charge on any atom is -0.439 e. The summed E-state index contributed by atoms with van der Waals surface area (Å²) in [6.07, 6.45) is 0. The van der Waals surface area contributed by atoms with Crippen LogP contribution in [0.25, 0.3) is 0 Å². The van der Waals surface area contributed by atoms with Gasteiger partial charge in [-0.05, 0) is 67.0 Å². The van der Waals surface area contributed by atoms with E-state index in [4.69, 9.17) is 9.05 Å². The Balaban J connectivity index is 2.06. The maximum absolute atomic E-state index is 5.90. The minimum atomic E-state index is -0.992. The summed E-state index contributed by atoms with van der Waals surface area (Å²) in [7, 11) is 1.70. The summed E-state index contributed by atoms with van der Waals surface area (Å²) in [5.41, 5.74) is 3.58. The first-order valence-corrected chi connectivity index (χ1v) is 8.68. The van der Waals surface area contributed by atoms with Gasteiger partial charge in [0.15, 0.2) is 0 Å². The molecule has 2 aromatic carbocycles. The lowest BCUT2D eigenvalue weighted by Gasteiger charge is -2.16. The van der Waals surface area contributed by atoms with E-state index in [9.17, 15) is 0 Å². The molecule has 2 rings (SSSR count). The topological polar surface area (TPSA) is 18.5 Å². The van der Waals surface area contributed by atoms with Gasteiger partial charge in [-0.25, -0.2) is 0 Å². The molecule has 2 aromatic rings. The van der Waals surface area contributed by atoms with Crippen molar-refractivity contribution in [2.75, 3.05) is 6.66 Å². The van der Waals surface area contributed by atoms with E-state index in [1.165, 1.54) is 16.7 Å². The average Bonchev–Trinajstić information content (AvgIpc) is 2.24. The van der Waals surface area contributed by atoms with Gasteiger partial charge in [0.2, 0.25) is 0 Å². The van der Waals surface area contributed by atoms with E-state index >= 15 is 0 Å². The van der Waals surface area contributed by atoms with Crippen LogP contribution in [0.2, 0.25) is 0 Å². The lowest BCUT2D eigenvalue weighted by molar-refractivity contribution is 0.496. The fourth-order valence-electron chi connectivity index (χ4n) is 2.13. The molecule has 20 heavy (non-hydrogen) atoms. The van der Waals surface area contributed by atoms with Gasteiger partial charge in [-0.1, -0.05) is 12.1 Å². The van der Waals surface area contributed by atoms with Crippen LogP contribution in [0.3, 0.4) is 0 Å². The van der Waals surface area contributed by atoms with Crippen molar-refractivity contribution in [2.24, 2.45) is 0 Å². The van der Waals surface area contributed by atoms with Crippen LogP contribution < -0.4 is 14.4 Å². The molecule has 0 heterocycles. The molecule has 4 heteroatoms. The molecular weight excluding hydrogens is 286 g/mol. The van der Waals surface area contributed by atoms with Gasteiger partial charge < -0.3 is 9.05 Å². The third-order valence-corrected chi connectivity index (χ3v) is 4.01. The van der Waals surface area contributed by atoms with E-state index in [1.807, 2.05) is 30.9 Å². The van der Waals surface area contributed by atoms with Crippen LogP contribution in [0.4, 0.5) is 0 Å². The molecule has 0 fully saturated rings. The van der Waals surface area contributed by atoms with Gasteiger partial charge in [-0.15, -0.1) is 9.24 Å². The summed E-state index contributed by atoms with van der Waals surface area (Å²) in [5.74, 6) is 1.72. The Kier molecular flexibility index (Phi) is 5.02. The lowest BCUT2D eigenvalue weighted by Crippen LogP contribution is -1.98. The van der Waals surface area contributed by atoms with Crippen molar-refractivity contribution in [3.63, 3.8) is 0 Å². The van der Waals surface area contributed by atoms with Gasteiger partial charge >= 0.3 is 0 Å². The number of aryl methyl sites for hydroxylation is 3. The Hall–Kier alpha value is -1.10. The van der Waals surface area contributed by atoms with Crippen LogP contribution >= 0.6 is 17.6 Å². The smallest absolute Gasteiger partial charge is 0.286 e. The van der Waals surface area contributed by atoms with Crippen LogP contribution in [0.5, 0.6) is 11.5 Å². The molecule has 0 aromatic heterocycles. The lowest BCUT2D eigenvalue weighted by atomic mass is 10.1. The number of hydrogen-bond acceptors (Lipinski definition) is 2. The van der Waals surface area contributed by atoms with E-state index in [0.717, 1.165) is 16.8 Å². The summed E-state index contributed by atoms with van der Waals surface area (Å²) in [6.45, 7) is 8.17. The first-order chi connectivity index (χ1) is 9.42. The average molecular weight is 306 g/mol. The molecule has 2 nitrogen and oxygen atoms in total. The first kappa shape index (κ1) is 15.3. The molecule has 0 aliphatic rings. The second-order valence-electron chi connectivity index (χ2n) is 5.03. The molecule has 0 N–H and O–H groups in total. The van der Waals surface area contributed by atoms with Crippen molar-refractivity contribution in [1.29, 1.82) is 0 Å². The highest BCUT2D eigenvalue weighted by molar-refractivity contribution is 7.47. The molecule has 0 bridgehead atoms. The Morgan fingerprint density at radius 2 is 1.20 bits per heavy atom. The number of rotatable bonds is 4. The van der Waals surface area contributed by atoms with E-state index in [0.29, 0.717) is 0 Å². The summed E-state index contributed by atoms with van der Waals surface area (Å²) >= 11 is 0. The van der Waals surface area contributed by atoms with Gasteiger partial charge in [-0.3, -0.25) is 0 Å². The Morgan fingerprint density at radius 1 is 0.750 bits per heavy atom. The van der Waals surface area contributed by atoms with Gasteiger partial charge in [0, 0.05) is 6.66 Å². The van der Waals surface area contributed by atoms with Crippen LogP contribution in [0.1, 0.15) is 16.7 Å². The fraction of sp³-hybridized carbons (Fsp3) is 0.250. The molecule has 2 unspecified atom stereocenters. The van der Waals surface area contributed by atoms with E-state index in [2.05, 4.69) is 42.1 Å². The van der Waals surface area contributed by atoms with Gasteiger partial charge in [0.05, 0.1) is 0 Å². The third-order valence-electron chi connectivity index (χ3n) is 2.74. The molecule has 106 valence electrons. The number of hydrogen-bond donors (Lipinski definition) is 0. The highest BCUT2D eigenvalue weighted by Gasteiger charge is 2.09. The summed E-state index contributed by atoms with van der Waals surface area (Å²) in [5, 5.41) is 1.12. The minimum absolute atomic E-state index is 0.855. The first-order valence-electron chi connectivity index (χ1n) is 6.47. The zero-order chi connectivity index (χ0) is 14.7. The quantitative estimate of drug-likeness (QED) is 0.774. The molecule has 0 spiro atoms. The van der Waals surface area contributed by atoms with E-state index in [1.54, 1.807) is 0 Å². The predicted octanol–water partition coefficient (Wildman–Crippen LogP) is 4.51. The second kappa shape index (κ2) is 6.57. The zero-order valence-electron chi connectivity index (χ0n) is 12.3. The van der Waals surface area contributed by atoms with Crippen LogP contribution in [0.15, 0.2) is 36.4 Å². The van der Waals surface area contributed by atoms with Crippen molar-refractivity contribution >= 4 is 22.9 Å². The van der Waals surface area contributed by atoms with Crippen molar-refractivity contribution < 1.29 is 9.05 Å². The summed E-state index contributed by atoms with van der Waals surface area (Å²) in [6, 6.07) is 12.3. The Labute approximate surface area is 124 Å². The molecule has 0 saturated carbocycles. The van der Waals surface area contributed by atoms with Crippen molar-refractivity contribution in [2.45, 2.75) is 20.8 Å². The SMILES string of the molecule is Cc1cc(C)cc(OP(C)Oc2cc(C)cc(P)c2)c1. The van der Waals surface area contributed by atoms with Crippen LogP contribution in [-0.2, 0) is 0 Å².